The van der Waals surface area contributed by atoms with Gasteiger partial charge < -0.3 is 9.52 Å². The molecule has 5 aliphatic rings. The Bertz CT molecular complexity index is 1400. The van der Waals surface area contributed by atoms with E-state index >= 15 is 0 Å². The number of rotatable bonds is 2. The Balaban J connectivity index is 1.44. The Hall–Kier alpha value is -2.59. The monoisotopic (exact) mass is 545 g/mol. The van der Waals surface area contributed by atoms with Gasteiger partial charge in [0.15, 0.2) is 11.6 Å². The number of aromatic nitrogens is 2. The van der Waals surface area contributed by atoms with Crippen molar-refractivity contribution in [2.45, 2.75) is 105 Å². The summed E-state index contributed by atoms with van der Waals surface area (Å²) in [4.78, 5) is 27.7. The van der Waals surface area contributed by atoms with E-state index in [2.05, 4.69) is 44.0 Å². The molecule has 9 atom stereocenters. The molecule has 1 unspecified atom stereocenters. The van der Waals surface area contributed by atoms with Gasteiger partial charge in [-0.15, -0.1) is 10.2 Å². The van der Waals surface area contributed by atoms with Crippen molar-refractivity contribution in [3.63, 3.8) is 0 Å². The first kappa shape index (κ1) is 27.6. The van der Waals surface area contributed by atoms with E-state index in [4.69, 9.17) is 4.42 Å². The Morgan fingerprint density at radius 3 is 2.42 bits per heavy atom. The summed E-state index contributed by atoms with van der Waals surface area (Å²) < 4.78 is 5.88. The van der Waals surface area contributed by atoms with E-state index in [-0.39, 0.29) is 62.9 Å². The van der Waals surface area contributed by atoms with Gasteiger partial charge in [-0.3, -0.25) is 9.59 Å². The van der Waals surface area contributed by atoms with Gasteiger partial charge in [0.2, 0.25) is 11.8 Å². The van der Waals surface area contributed by atoms with Gasteiger partial charge in [-0.25, -0.2) is 0 Å². The number of hydrogen-bond acceptors (Lipinski definition) is 7. The predicted molar refractivity (Wildman–Crippen MR) is 148 cm³/mol. The fraction of sp³-hybridized carbons (Fsp3) is 0.727. The lowest BCUT2D eigenvalue weighted by atomic mass is 9.34. The van der Waals surface area contributed by atoms with Crippen LogP contribution < -0.4 is 0 Å². The molecule has 6 rings (SSSR count). The molecule has 0 spiro atoms. The Morgan fingerprint density at radius 2 is 1.77 bits per heavy atom. The average Bonchev–Trinajstić information content (AvgIpc) is 3.39. The van der Waals surface area contributed by atoms with E-state index in [9.17, 15) is 20.0 Å². The van der Waals surface area contributed by atoms with Gasteiger partial charge in [-0.05, 0) is 86.0 Å². The number of carbonyl (C=O) groups excluding carboxylic acids is 2. The van der Waals surface area contributed by atoms with Crippen molar-refractivity contribution in [3.05, 3.63) is 35.1 Å². The third-order valence-electron chi connectivity index (χ3n) is 12.9. The zero-order chi connectivity index (χ0) is 29.0. The van der Waals surface area contributed by atoms with Gasteiger partial charge >= 0.3 is 0 Å². The minimum atomic E-state index is -0.802. The molecule has 0 bridgehead atoms. The standard InChI is InChI=1S/C33H43N3O4/c1-18(37)27-35-36-28(40-27)19-8-10-30(4)12-13-33(7)25(21(30)14-19)22(38)15-24-31(5)16-20(17-34)26(39)29(2,3)23(31)9-11-32(24,33)6/h15-16,18-19,21,23,25,37H,8-14H2,1-7H3/t18-,19-,21-,23?,25-,30+,31-,32+,33+/m0/s1. The van der Waals surface area contributed by atoms with Crippen LogP contribution >= 0.6 is 0 Å². The van der Waals surface area contributed by atoms with Crippen molar-refractivity contribution in [2.24, 2.45) is 44.8 Å². The number of carbonyl (C=O) groups is 2. The number of aliphatic hydroxyl groups excluding tert-OH is 1. The third-order valence-corrected chi connectivity index (χ3v) is 12.9. The van der Waals surface area contributed by atoms with Crippen molar-refractivity contribution in [1.82, 2.24) is 10.2 Å². The minimum Gasteiger partial charge on any atom is -0.422 e. The zero-order valence-electron chi connectivity index (χ0n) is 25.0. The normalized spacial score (nSPS) is 44.7. The molecule has 3 saturated carbocycles. The molecule has 7 heteroatoms. The number of aliphatic hydroxyl groups is 1. The van der Waals surface area contributed by atoms with Gasteiger partial charge in [-0.1, -0.05) is 53.2 Å². The van der Waals surface area contributed by atoms with E-state index < -0.39 is 16.9 Å². The van der Waals surface area contributed by atoms with Crippen LogP contribution in [0, 0.1) is 56.2 Å². The van der Waals surface area contributed by atoms with Crippen LogP contribution in [0.15, 0.2) is 27.7 Å². The number of nitriles is 1. The molecule has 0 amide bonds. The third kappa shape index (κ3) is 3.38. The molecule has 1 N–H and O–H groups in total. The highest BCUT2D eigenvalue weighted by Gasteiger charge is 2.69. The van der Waals surface area contributed by atoms with E-state index in [0.717, 1.165) is 50.5 Å². The number of Topliss-reactive ketones (excluding diaryl/α,β-unsaturated/α-hetero) is 1. The van der Waals surface area contributed by atoms with E-state index in [1.165, 1.54) is 0 Å². The predicted octanol–water partition coefficient (Wildman–Crippen LogP) is 6.42. The second-order valence-corrected chi connectivity index (χ2v) is 15.2. The Labute approximate surface area is 237 Å². The summed E-state index contributed by atoms with van der Waals surface area (Å²) in [6.45, 7) is 14.8. The molecule has 7 nitrogen and oxygen atoms in total. The first-order valence-corrected chi connectivity index (χ1v) is 15.1. The van der Waals surface area contributed by atoms with Gasteiger partial charge in [0, 0.05) is 22.7 Å². The fourth-order valence-corrected chi connectivity index (χ4v) is 10.4. The second kappa shape index (κ2) is 8.47. The van der Waals surface area contributed by atoms with Crippen molar-refractivity contribution >= 4 is 11.6 Å². The largest absolute Gasteiger partial charge is 0.422 e. The maximum Gasteiger partial charge on any atom is 0.244 e. The lowest BCUT2D eigenvalue weighted by Crippen LogP contribution is -2.64. The zero-order valence-corrected chi connectivity index (χ0v) is 25.0. The summed E-state index contributed by atoms with van der Waals surface area (Å²) in [6.07, 6.45) is 9.70. The maximum atomic E-state index is 14.4. The summed E-state index contributed by atoms with van der Waals surface area (Å²) in [5, 5.41) is 28.2. The highest BCUT2D eigenvalue weighted by molar-refractivity contribution is 6.04. The number of fused-ring (bicyclic) bond motifs is 7. The fourth-order valence-electron chi connectivity index (χ4n) is 10.4. The van der Waals surface area contributed by atoms with Crippen LogP contribution in [-0.4, -0.2) is 26.9 Å². The molecule has 1 heterocycles. The van der Waals surface area contributed by atoms with Crippen LogP contribution in [0.1, 0.15) is 117 Å². The molecule has 1 aromatic rings. The molecule has 1 aromatic heterocycles. The Morgan fingerprint density at radius 1 is 1.05 bits per heavy atom. The van der Waals surface area contributed by atoms with Crippen molar-refractivity contribution in [1.29, 1.82) is 5.26 Å². The van der Waals surface area contributed by atoms with Crippen LogP contribution in [0.25, 0.3) is 0 Å². The van der Waals surface area contributed by atoms with Crippen molar-refractivity contribution in [3.8, 4) is 6.07 Å². The van der Waals surface area contributed by atoms with Crippen LogP contribution in [0.3, 0.4) is 0 Å². The maximum absolute atomic E-state index is 14.4. The quantitative estimate of drug-likeness (QED) is 0.456. The van der Waals surface area contributed by atoms with Gasteiger partial charge in [0.1, 0.15) is 12.2 Å². The first-order valence-electron chi connectivity index (χ1n) is 15.1. The smallest absolute Gasteiger partial charge is 0.244 e. The Kier molecular flexibility index (Phi) is 5.84. The molecule has 0 saturated heterocycles. The van der Waals surface area contributed by atoms with Gasteiger partial charge in [0.25, 0.3) is 0 Å². The summed E-state index contributed by atoms with van der Waals surface area (Å²) in [5.41, 5.74) is -0.203. The number of allylic oxidation sites excluding steroid dienone is 4. The van der Waals surface area contributed by atoms with Crippen molar-refractivity contribution in [2.75, 3.05) is 0 Å². The molecule has 3 fully saturated rings. The molecule has 5 aliphatic carbocycles. The highest BCUT2D eigenvalue weighted by atomic mass is 16.4. The van der Waals surface area contributed by atoms with E-state index in [1.807, 2.05) is 26.0 Å². The van der Waals surface area contributed by atoms with Crippen molar-refractivity contribution < 1.29 is 19.1 Å². The lowest BCUT2D eigenvalue weighted by molar-refractivity contribution is -0.163. The van der Waals surface area contributed by atoms with Gasteiger partial charge in [0.05, 0.1) is 5.57 Å². The van der Waals surface area contributed by atoms with Crippen LogP contribution in [-0.2, 0) is 9.59 Å². The molecule has 214 valence electrons. The summed E-state index contributed by atoms with van der Waals surface area (Å²) in [6, 6.07) is 2.19. The number of ketones is 2. The number of hydrogen-bond donors (Lipinski definition) is 1. The van der Waals surface area contributed by atoms with E-state index in [0.29, 0.717) is 5.89 Å². The summed E-state index contributed by atoms with van der Waals surface area (Å²) in [7, 11) is 0. The average molecular weight is 546 g/mol. The molecule has 0 aliphatic heterocycles. The van der Waals surface area contributed by atoms with Crippen LogP contribution in [0.5, 0.6) is 0 Å². The van der Waals surface area contributed by atoms with E-state index in [1.54, 1.807) is 6.92 Å². The minimum absolute atomic E-state index is 0.0467. The van der Waals surface area contributed by atoms with Crippen LogP contribution in [0.4, 0.5) is 0 Å². The lowest BCUT2D eigenvalue weighted by Gasteiger charge is -2.68. The van der Waals surface area contributed by atoms with Gasteiger partial charge in [-0.2, -0.15) is 5.26 Å². The SMILES string of the molecule is C[C@H](O)c1nnc([C@H]2CC[C@]3(C)CC[C@]4(C)[C@H](C(=O)C=C5[C@@]6(C)C=C(C#N)C(=O)C(C)(C)C6CC[C@]54C)[C@@H]3C2)o1. The molecular formula is C33H43N3O4. The van der Waals surface area contributed by atoms with Crippen LogP contribution in [0.2, 0.25) is 0 Å². The molecule has 40 heavy (non-hydrogen) atoms. The molecular weight excluding hydrogens is 502 g/mol. The first-order chi connectivity index (χ1) is 18.6. The molecule has 0 radical (unpaired) electrons. The second-order valence-electron chi connectivity index (χ2n) is 15.2. The highest BCUT2D eigenvalue weighted by Crippen LogP contribution is 2.74. The summed E-state index contributed by atoms with van der Waals surface area (Å²) >= 11 is 0. The molecule has 0 aromatic carbocycles. The number of nitrogens with zero attached hydrogens (tertiary/aromatic N) is 3. The topological polar surface area (TPSA) is 117 Å². The summed E-state index contributed by atoms with van der Waals surface area (Å²) in [5.74, 6) is 1.14.